The predicted molar refractivity (Wildman–Crippen MR) is 126 cm³/mol. The number of pyridine rings is 1. The van der Waals surface area contributed by atoms with Gasteiger partial charge in [-0.05, 0) is 67.3 Å². The number of anilines is 2. The van der Waals surface area contributed by atoms with Crippen molar-refractivity contribution >= 4 is 34.9 Å². The number of aromatic nitrogens is 1. The Morgan fingerprint density at radius 1 is 0.900 bits per heavy atom. The fraction of sp³-hybridized carbons (Fsp3) is 0.320. The van der Waals surface area contributed by atoms with E-state index in [2.05, 4.69) is 57.2 Å². The lowest BCUT2D eigenvalue weighted by Crippen LogP contribution is -2.31. The highest BCUT2D eigenvalue weighted by atomic mass is 35.5. The van der Waals surface area contributed by atoms with Crippen LogP contribution in [0.1, 0.15) is 30.4 Å². The van der Waals surface area contributed by atoms with E-state index >= 15 is 0 Å². The second kappa shape index (κ2) is 9.01. The van der Waals surface area contributed by atoms with Crippen LogP contribution in [-0.4, -0.2) is 29.5 Å². The van der Waals surface area contributed by atoms with Gasteiger partial charge in [0, 0.05) is 35.7 Å². The van der Waals surface area contributed by atoms with Gasteiger partial charge in [0.25, 0.3) is 0 Å². The summed E-state index contributed by atoms with van der Waals surface area (Å²) in [6.45, 7) is 4.44. The Hall–Kier alpha value is -2.01. The van der Waals surface area contributed by atoms with Crippen LogP contribution in [0.5, 0.6) is 0 Å². The molecule has 5 heteroatoms. The lowest BCUT2D eigenvalue weighted by Gasteiger charge is -2.32. The summed E-state index contributed by atoms with van der Waals surface area (Å²) in [4.78, 5) is 12.1. The molecule has 2 aromatic carbocycles. The van der Waals surface area contributed by atoms with E-state index in [0.717, 1.165) is 30.4 Å². The first kappa shape index (κ1) is 19.9. The summed E-state index contributed by atoms with van der Waals surface area (Å²) in [5.74, 6) is 1.06. The van der Waals surface area contributed by atoms with Gasteiger partial charge in [-0.3, -0.25) is 4.90 Å². The van der Waals surface area contributed by atoms with Gasteiger partial charge in [0.1, 0.15) is 5.82 Å². The molecule has 0 fully saturated rings. The largest absolute Gasteiger partial charge is 0.324 e. The van der Waals surface area contributed by atoms with E-state index in [-0.39, 0.29) is 0 Å². The Kier molecular flexibility index (Phi) is 5.98. The zero-order valence-electron chi connectivity index (χ0n) is 17.1. The van der Waals surface area contributed by atoms with Crippen molar-refractivity contribution in [3.63, 3.8) is 0 Å². The number of fused-ring (bicyclic) bond motifs is 3. The maximum atomic E-state index is 6.31. The van der Waals surface area contributed by atoms with Crippen LogP contribution in [0.3, 0.4) is 0 Å². The Morgan fingerprint density at radius 2 is 1.77 bits per heavy atom. The van der Waals surface area contributed by atoms with Gasteiger partial charge in [-0.2, -0.15) is 0 Å². The number of unbranched alkanes of at least 4 members (excludes halogenated alkanes) is 2. The Bertz CT molecular complexity index is 1040. The molecule has 0 amide bonds. The van der Waals surface area contributed by atoms with Gasteiger partial charge in [0.2, 0.25) is 0 Å². The third-order valence-corrected chi connectivity index (χ3v) is 7.34. The molecular formula is C25H26ClN3S. The van der Waals surface area contributed by atoms with Crippen molar-refractivity contribution in [3.05, 3.63) is 76.9 Å². The van der Waals surface area contributed by atoms with Crippen LogP contribution in [0.4, 0.5) is 11.5 Å². The van der Waals surface area contributed by atoms with Gasteiger partial charge >= 0.3 is 0 Å². The monoisotopic (exact) mass is 435 g/mol. The van der Waals surface area contributed by atoms with Crippen molar-refractivity contribution in [2.24, 2.45) is 0 Å². The lowest BCUT2D eigenvalue weighted by atomic mass is 10.00. The normalized spacial score (nSPS) is 15.4. The third kappa shape index (κ3) is 4.22. The van der Waals surface area contributed by atoms with E-state index < -0.39 is 0 Å². The van der Waals surface area contributed by atoms with Gasteiger partial charge in [-0.1, -0.05) is 54.0 Å². The molecule has 2 aliphatic heterocycles. The molecule has 154 valence electrons. The van der Waals surface area contributed by atoms with Crippen LogP contribution < -0.4 is 4.90 Å². The molecule has 0 saturated carbocycles. The molecule has 0 unspecified atom stereocenters. The summed E-state index contributed by atoms with van der Waals surface area (Å²) < 4.78 is 0. The minimum absolute atomic E-state index is 0.782. The highest BCUT2D eigenvalue weighted by Gasteiger charge is 2.24. The maximum Gasteiger partial charge on any atom is 0.147 e. The molecule has 3 nitrogen and oxygen atoms in total. The zero-order valence-corrected chi connectivity index (χ0v) is 18.6. The molecule has 0 bridgehead atoms. The number of benzene rings is 2. The zero-order chi connectivity index (χ0) is 20.3. The van der Waals surface area contributed by atoms with Gasteiger partial charge in [-0.15, -0.1) is 0 Å². The first-order valence-electron chi connectivity index (χ1n) is 10.8. The molecule has 0 saturated heterocycles. The predicted octanol–water partition coefficient (Wildman–Crippen LogP) is 6.57. The van der Waals surface area contributed by atoms with E-state index in [1.807, 2.05) is 18.3 Å². The van der Waals surface area contributed by atoms with Crippen molar-refractivity contribution < 1.29 is 0 Å². The molecule has 1 aromatic heterocycles. The summed E-state index contributed by atoms with van der Waals surface area (Å²) >= 11 is 8.10. The topological polar surface area (TPSA) is 19.4 Å². The highest BCUT2D eigenvalue weighted by Crippen LogP contribution is 2.47. The molecule has 30 heavy (non-hydrogen) atoms. The molecule has 5 rings (SSSR count). The number of rotatable bonds is 6. The maximum absolute atomic E-state index is 6.31. The van der Waals surface area contributed by atoms with E-state index in [4.69, 9.17) is 11.6 Å². The quantitative estimate of drug-likeness (QED) is 0.408. The van der Waals surface area contributed by atoms with Crippen molar-refractivity contribution in [2.75, 3.05) is 24.5 Å². The van der Waals surface area contributed by atoms with Crippen molar-refractivity contribution in [1.82, 2.24) is 9.88 Å². The third-order valence-electron chi connectivity index (χ3n) is 6.00. The molecule has 0 N–H and O–H groups in total. The molecule has 0 radical (unpaired) electrons. The van der Waals surface area contributed by atoms with Gasteiger partial charge in [-0.25, -0.2) is 4.98 Å². The summed E-state index contributed by atoms with van der Waals surface area (Å²) in [5.41, 5.74) is 4.22. The number of halogens is 1. The Balaban J connectivity index is 1.18. The SMILES string of the molecule is Clc1ccc2c(c1)N(CCCCCN1CCc3ccccc3C1)c1ncccc1S2. The minimum atomic E-state index is 0.782. The van der Waals surface area contributed by atoms with E-state index in [9.17, 15) is 0 Å². The molecule has 3 heterocycles. The number of nitrogens with zero attached hydrogens (tertiary/aromatic N) is 3. The Morgan fingerprint density at radius 3 is 2.70 bits per heavy atom. The minimum Gasteiger partial charge on any atom is -0.324 e. The molecular weight excluding hydrogens is 410 g/mol. The summed E-state index contributed by atoms with van der Waals surface area (Å²) in [6.07, 6.45) is 6.68. The van der Waals surface area contributed by atoms with Gasteiger partial charge in [0.15, 0.2) is 0 Å². The summed E-state index contributed by atoms with van der Waals surface area (Å²) in [5, 5.41) is 0.782. The molecule has 3 aromatic rings. The van der Waals surface area contributed by atoms with Crippen molar-refractivity contribution in [3.8, 4) is 0 Å². The van der Waals surface area contributed by atoms with Crippen LogP contribution >= 0.6 is 23.4 Å². The Labute approximate surface area is 188 Å². The van der Waals surface area contributed by atoms with Crippen LogP contribution in [0, 0.1) is 0 Å². The van der Waals surface area contributed by atoms with Crippen molar-refractivity contribution in [1.29, 1.82) is 0 Å². The second-order valence-electron chi connectivity index (χ2n) is 8.05. The van der Waals surface area contributed by atoms with E-state index in [1.54, 1.807) is 11.8 Å². The molecule has 0 atom stereocenters. The van der Waals surface area contributed by atoms with E-state index in [1.165, 1.54) is 59.0 Å². The van der Waals surface area contributed by atoms with Crippen LogP contribution in [-0.2, 0) is 13.0 Å². The summed E-state index contributed by atoms with van der Waals surface area (Å²) in [7, 11) is 0. The highest BCUT2D eigenvalue weighted by molar-refractivity contribution is 7.99. The fourth-order valence-electron chi connectivity index (χ4n) is 4.44. The molecule has 0 aliphatic carbocycles. The van der Waals surface area contributed by atoms with Gasteiger partial charge in [0.05, 0.1) is 10.6 Å². The first-order valence-corrected chi connectivity index (χ1v) is 12.0. The standard InChI is InChI=1S/C25H26ClN3S/c26-21-10-11-23-22(17-21)29(25-24(30-23)9-6-13-27-25)15-5-1-4-14-28-16-12-19-7-2-3-8-20(19)18-28/h2-3,6-11,13,17H,1,4-5,12,14-16,18H2. The lowest BCUT2D eigenvalue weighted by molar-refractivity contribution is 0.248. The number of hydrogen-bond acceptors (Lipinski definition) is 4. The first-order chi connectivity index (χ1) is 14.8. The molecule has 0 spiro atoms. The van der Waals surface area contributed by atoms with Crippen molar-refractivity contribution in [2.45, 2.75) is 42.0 Å². The fourth-order valence-corrected chi connectivity index (χ4v) is 5.65. The number of hydrogen-bond donors (Lipinski definition) is 0. The smallest absolute Gasteiger partial charge is 0.147 e. The van der Waals surface area contributed by atoms with Crippen LogP contribution in [0.15, 0.2) is 70.6 Å². The summed E-state index contributed by atoms with van der Waals surface area (Å²) in [6, 6.07) is 19.2. The van der Waals surface area contributed by atoms with Crippen LogP contribution in [0.25, 0.3) is 0 Å². The van der Waals surface area contributed by atoms with Crippen LogP contribution in [0.2, 0.25) is 5.02 Å². The second-order valence-corrected chi connectivity index (χ2v) is 9.57. The average Bonchev–Trinajstić information content (AvgIpc) is 2.78. The molecule has 2 aliphatic rings. The average molecular weight is 436 g/mol. The van der Waals surface area contributed by atoms with E-state index in [0.29, 0.717) is 0 Å². The van der Waals surface area contributed by atoms with Gasteiger partial charge < -0.3 is 4.90 Å².